The third-order valence-electron chi connectivity index (χ3n) is 4.36. The van der Waals surface area contributed by atoms with Crippen LogP contribution in [-0.2, 0) is 26.2 Å². The van der Waals surface area contributed by atoms with Crippen LogP contribution in [0, 0.1) is 6.92 Å². The van der Waals surface area contributed by atoms with E-state index in [0.717, 1.165) is 0 Å². The molecular formula is C23H17BrCl2Zr. The van der Waals surface area contributed by atoms with Gasteiger partial charge in [-0.05, 0) is 4.47 Å². The summed E-state index contributed by atoms with van der Waals surface area (Å²) in [5, 5.41) is 8.02. The van der Waals surface area contributed by atoms with Crippen LogP contribution in [-0.4, -0.2) is 0 Å². The SMILES string of the molecule is Cc1cc2c(Br)cccc2[cH-]1.[Cl-].[Cl-].[Zr+4].c1ccc2c(c1)[cH-]c1ccccc12. The second-order valence-electron chi connectivity index (χ2n) is 6.09. The molecule has 0 aliphatic carbocycles. The molecule has 0 saturated heterocycles. The zero-order valence-electron chi connectivity index (χ0n) is 14.7. The molecule has 0 heterocycles. The van der Waals surface area contributed by atoms with Crippen molar-refractivity contribution in [3.05, 3.63) is 95.0 Å². The molecule has 5 aromatic carbocycles. The Morgan fingerprint density at radius 1 is 0.630 bits per heavy atom. The van der Waals surface area contributed by atoms with Crippen LogP contribution in [0.2, 0.25) is 0 Å². The third-order valence-corrected chi connectivity index (χ3v) is 5.06. The van der Waals surface area contributed by atoms with Crippen molar-refractivity contribution < 1.29 is 51.0 Å². The van der Waals surface area contributed by atoms with Crippen molar-refractivity contribution in [3.8, 4) is 0 Å². The Bertz CT molecular complexity index is 1090. The van der Waals surface area contributed by atoms with Gasteiger partial charge in [0.05, 0.1) is 0 Å². The molecule has 0 aliphatic rings. The summed E-state index contributed by atoms with van der Waals surface area (Å²) in [5.74, 6) is 0. The van der Waals surface area contributed by atoms with Crippen LogP contribution in [0.15, 0.2) is 89.4 Å². The van der Waals surface area contributed by atoms with Gasteiger partial charge in [-0.1, -0.05) is 65.3 Å². The monoisotopic (exact) mass is 532 g/mol. The maximum absolute atomic E-state index is 3.51. The van der Waals surface area contributed by atoms with E-state index in [1.54, 1.807) is 0 Å². The van der Waals surface area contributed by atoms with E-state index in [4.69, 9.17) is 0 Å². The van der Waals surface area contributed by atoms with Crippen LogP contribution in [0.1, 0.15) is 5.56 Å². The van der Waals surface area contributed by atoms with Gasteiger partial charge in [-0.2, -0.15) is 6.07 Å². The summed E-state index contributed by atoms with van der Waals surface area (Å²) >= 11 is 3.51. The second-order valence-corrected chi connectivity index (χ2v) is 6.95. The predicted molar refractivity (Wildman–Crippen MR) is 109 cm³/mol. The molecule has 5 rings (SSSR count). The first-order valence-electron chi connectivity index (χ1n) is 8.07. The fourth-order valence-corrected chi connectivity index (χ4v) is 3.75. The number of fused-ring (bicyclic) bond motifs is 4. The van der Waals surface area contributed by atoms with E-state index in [9.17, 15) is 0 Å². The van der Waals surface area contributed by atoms with Crippen LogP contribution in [0.3, 0.4) is 0 Å². The molecule has 0 aromatic heterocycles. The minimum Gasteiger partial charge on any atom is -1.00 e. The minimum absolute atomic E-state index is 0. The van der Waals surface area contributed by atoms with Crippen molar-refractivity contribution in [1.82, 2.24) is 0 Å². The molecule has 0 radical (unpaired) electrons. The maximum atomic E-state index is 3.51. The number of benzene rings is 3. The molecule has 5 aromatic rings. The van der Waals surface area contributed by atoms with Crippen molar-refractivity contribution in [2.24, 2.45) is 0 Å². The van der Waals surface area contributed by atoms with Crippen molar-refractivity contribution in [2.45, 2.75) is 6.92 Å². The summed E-state index contributed by atoms with van der Waals surface area (Å²) in [6.45, 7) is 2.12. The summed E-state index contributed by atoms with van der Waals surface area (Å²) in [7, 11) is 0. The average Bonchev–Trinajstić information content (AvgIpc) is 3.16. The van der Waals surface area contributed by atoms with E-state index in [1.807, 2.05) is 0 Å². The standard InChI is InChI=1S/C13H9.C10H8Br.2ClH.Zr/c1-3-7-12-10(5-1)9-11-6-2-4-8-13(11)12;1-7-5-8-3-2-4-10(11)9(8)6-7;;;/h1-9H;2-6H,1H3;2*1H;/q2*-1;;;+4/p-2. The van der Waals surface area contributed by atoms with Gasteiger partial charge in [-0.15, -0.1) is 74.3 Å². The zero-order chi connectivity index (χ0) is 16.5. The quantitative estimate of drug-likeness (QED) is 0.263. The zero-order valence-corrected chi connectivity index (χ0v) is 20.3. The second kappa shape index (κ2) is 10.6. The number of rotatable bonds is 0. The smallest absolute Gasteiger partial charge is 1.00 e. The summed E-state index contributed by atoms with van der Waals surface area (Å²) in [6, 6.07) is 29.9. The summed E-state index contributed by atoms with van der Waals surface area (Å²) in [6.07, 6.45) is 0. The Kier molecular flexibility index (Phi) is 9.45. The van der Waals surface area contributed by atoms with Gasteiger partial charge in [-0.3, -0.25) is 0 Å². The molecule has 0 amide bonds. The van der Waals surface area contributed by atoms with Gasteiger partial charge < -0.3 is 24.8 Å². The molecule has 4 heteroatoms. The number of aryl methyl sites for hydroxylation is 1. The molecule has 0 bridgehead atoms. The molecule has 27 heavy (non-hydrogen) atoms. The van der Waals surface area contributed by atoms with Crippen LogP contribution in [0.4, 0.5) is 0 Å². The largest absolute Gasteiger partial charge is 4.00 e. The first kappa shape index (κ1) is 24.1. The topological polar surface area (TPSA) is 0 Å². The van der Waals surface area contributed by atoms with Gasteiger partial charge >= 0.3 is 26.2 Å². The Balaban J connectivity index is 0.000000246. The maximum Gasteiger partial charge on any atom is 4.00 e. The Labute approximate surface area is 199 Å². The van der Waals surface area contributed by atoms with E-state index < -0.39 is 0 Å². The fraction of sp³-hybridized carbons (Fsp3) is 0.0435. The minimum atomic E-state index is 0. The van der Waals surface area contributed by atoms with E-state index in [2.05, 4.69) is 108 Å². The molecule has 0 unspecified atom stereocenters. The molecule has 134 valence electrons. The molecule has 0 saturated carbocycles. The molecule has 0 N–H and O–H groups in total. The fourth-order valence-electron chi connectivity index (χ4n) is 3.25. The average molecular weight is 535 g/mol. The predicted octanol–water partition coefficient (Wildman–Crippen LogP) is 1.35. The van der Waals surface area contributed by atoms with Crippen LogP contribution < -0.4 is 24.8 Å². The summed E-state index contributed by atoms with van der Waals surface area (Å²) in [5.41, 5.74) is 1.33. The Hall–Kier alpha value is -0.917. The van der Waals surface area contributed by atoms with Crippen LogP contribution in [0.25, 0.3) is 32.3 Å². The van der Waals surface area contributed by atoms with E-state index in [-0.39, 0.29) is 51.0 Å². The van der Waals surface area contributed by atoms with Gasteiger partial charge in [0.25, 0.3) is 0 Å². The third kappa shape index (κ3) is 5.12. The van der Waals surface area contributed by atoms with Gasteiger partial charge in [-0.25, -0.2) is 0 Å². The van der Waals surface area contributed by atoms with Crippen molar-refractivity contribution >= 4 is 48.2 Å². The van der Waals surface area contributed by atoms with E-state index in [1.165, 1.54) is 42.4 Å². The van der Waals surface area contributed by atoms with Gasteiger partial charge in [0.1, 0.15) is 0 Å². The van der Waals surface area contributed by atoms with Crippen LogP contribution in [0.5, 0.6) is 0 Å². The molecule has 0 fully saturated rings. The molecular weight excluding hydrogens is 518 g/mol. The first-order chi connectivity index (χ1) is 11.7. The number of hydrogen-bond acceptors (Lipinski definition) is 0. The van der Waals surface area contributed by atoms with Gasteiger partial charge in [0, 0.05) is 0 Å². The number of hydrogen-bond donors (Lipinski definition) is 0. The Morgan fingerprint density at radius 3 is 1.67 bits per heavy atom. The van der Waals surface area contributed by atoms with Gasteiger partial charge in [0.2, 0.25) is 0 Å². The van der Waals surface area contributed by atoms with Crippen LogP contribution >= 0.6 is 15.9 Å². The number of halogens is 3. The van der Waals surface area contributed by atoms with Crippen molar-refractivity contribution in [2.75, 3.05) is 0 Å². The molecule has 0 aliphatic heterocycles. The molecule has 0 atom stereocenters. The van der Waals surface area contributed by atoms with Gasteiger partial charge in [0.15, 0.2) is 0 Å². The molecule has 0 nitrogen and oxygen atoms in total. The van der Waals surface area contributed by atoms with E-state index >= 15 is 0 Å². The molecule has 0 spiro atoms. The Morgan fingerprint density at radius 2 is 1.11 bits per heavy atom. The summed E-state index contributed by atoms with van der Waals surface area (Å²) in [4.78, 5) is 0. The first-order valence-corrected chi connectivity index (χ1v) is 8.86. The summed E-state index contributed by atoms with van der Waals surface area (Å²) < 4.78 is 1.18. The van der Waals surface area contributed by atoms with E-state index in [0.29, 0.717) is 0 Å². The van der Waals surface area contributed by atoms with Crippen molar-refractivity contribution in [1.29, 1.82) is 0 Å². The normalized spacial score (nSPS) is 9.70. The van der Waals surface area contributed by atoms with Crippen molar-refractivity contribution in [3.63, 3.8) is 0 Å².